The lowest BCUT2D eigenvalue weighted by Crippen LogP contribution is -2.19. The first-order valence-electron chi connectivity index (χ1n) is 5.45. The van der Waals surface area contributed by atoms with Crippen molar-refractivity contribution in [1.29, 1.82) is 0 Å². The van der Waals surface area contributed by atoms with Gasteiger partial charge in [0.05, 0.1) is 0 Å². The lowest BCUT2D eigenvalue weighted by atomic mass is 10.0. The maximum Gasteiger partial charge on any atom is 0.422 e. The third-order valence-electron chi connectivity index (χ3n) is 2.36. The minimum absolute atomic E-state index is 0.00502. The van der Waals surface area contributed by atoms with Gasteiger partial charge in [-0.2, -0.15) is 13.2 Å². The van der Waals surface area contributed by atoms with E-state index in [1.54, 1.807) is 24.3 Å². The Bertz CT molecular complexity index is 565. The van der Waals surface area contributed by atoms with Gasteiger partial charge in [-0.15, -0.1) is 0 Å². The average molecular weight is 267 g/mol. The molecule has 0 spiro atoms. The Morgan fingerprint density at radius 3 is 2.63 bits per heavy atom. The highest BCUT2D eigenvalue weighted by Crippen LogP contribution is 2.32. The van der Waals surface area contributed by atoms with E-state index in [9.17, 15) is 18.3 Å². The normalized spacial score (nSPS) is 11.3. The Labute approximate surface area is 108 Å². The highest BCUT2D eigenvalue weighted by molar-refractivity contribution is 5.71. The van der Waals surface area contributed by atoms with Gasteiger partial charge in [0.15, 0.2) is 6.61 Å². The molecule has 2 rings (SSSR count). The van der Waals surface area contributed by atoms with Gasteiger partial charge in [0.1, 0.15) is 11.5 Å². The first-order chi connectivity index (χ1) is 8.96. The maximum absolute atomic E-state index is 12.2. The maximum atomic E-state index is 12.2. The van der Waals surface area contributed by atoms with Crippen molar-refractivity contribution in [2.24, 2.45) is 0 Å². The third-order valence-corrected chi connectivity index (χ3v) is 2.36. The van der Waals surface area contributed by atoms with Gasteiger partial charge in [0, 0.05) is 11.6 Å². The number of phenolic OH excluding ortho intramolecular Hbond substituents is 1. The number of hydrogen-bond acceptors (Lipinski definition) is 2. The van der Waals surface area contributed by atoms with Crippen LogP contribution in [0.25, 0.3) is 11.1 Å². The molecule has 2 nitrogen and oxygen atoms in total. The van der Waals surface area contributed by atoms with Crippen LogP contribution in [0, 0.1) is 6.07 Å². The van der Waals surface area contributed by atoms with Crippen molar-refractivity contribution in [3.63, 3.8) is 0 Å². The van der Waals surface area contributed by atoms with Crippen LogP contribution in [-0.2, 0) is 0 Å². The second-order valence-corrected chi connectivity index (χ2v) is 3.87. The largest absolute Gasteiger partial charge is 0.508 e. The Balaban J connectivity index is 2.31. The molecule has 0 saturated carbocycles. The molecule has 19 heavy (non-hydrogen) atoms. The number of alkyl halides is 3. The molecule has 0 heterocycles. The van der Waals surface area contributed by atoms with E-state index < -0.39 is 12.8 Å². The molecule has 2 aromatic rings. The summed E-state index contributed by atoms with van der Waals surface area (Å²) in [6, 6.07) is 13.5. The molecular weight excluding hydrogens is 257 g/mol. The summed E-state index contributed by atoms with van der Waals surface area (Å²) in [5, 5.41) is 9.39. The predicted octanol–water partition coefficient (Wildman–Crippen LogP) is 3.80. The van der Waals surface area contributed by atoms with Gasteiger partial charge < -0.3 is 9.84 Å². The molecule has 0 saturated heterocycles. The van der Waals surface area contributed by atoms with Crippen LogP contribution < -0.4 is 4.74 Å². The molecular formula is C14H10F3O2. The van der Waals surface area contributed by atoms with E-state index in [2.05, 4.69) is 6.07 Å². The van der Waals surface area contributed by atoms with E-state index in [4.69, 9.17) is 4.74 Å². The fourth-order valence-electron chi connectivity index (χ4n) is 1.60. The van der Waals surface area contributed by atoms with Gasteiger partial charge in [-0.1, -0.05) is 30.3 Å². The molecule has 1 radical (unpaired) electrons. The van der Waals surface area contributed by atoms with Gasteiger partial charge in [-0.3, -0.25) is 0 Å². The SMILES string of the molecule is Oc1cccc(-c2ccc[c]c2OCC(F)(F)F)c1. The van der Waals surface area contributed by atoms with E-state index in [0.717, 1.165) is 0 Å². The van der Waals surface area contributed by atoms with E-state index in [1.807, 2.05) is 0 Å². The molecule has 1 N–H and O–H groups in total. The minimum atomic E-state index is -4.40. The highest BCUT2D eigenvalue weighted by Gasteiger charge is 2.28. The van der Waals surface area contributed by atoms with Crippen LogP contribution in [-0.4, -0.2) is 17.9 Å². The number of phenols is 1. The number of aromatic hydroxyl groups is 1. The third kappa shape index (κ3) is 3.64. The predicted molar refractivity (Wildman–Crippen MR) is 63.9 cm³/mol. The molecule has 0 aliphatic rings. The monoisotopic (exact) mass is 267 g/mol. The summed E-state index contributed by atoms with van der Waals surface area (Å²) < 4.78 is 41.2. The summed E-state index contributed by atoms with van der Waals surface area (Å²) in [4.78, 5) is 0. The molecule has 0 fully saturated rings. The Morgan fingerprint density at radius 2 is 1.95 bits per heavy atom. The number of para-hydroxylation sites is 1. The van der Waals surface area contributed by atoms with Gasteiger partial charge in [-0.25, -0.2) is 0 Å². The summed E-state index contributed by atoms with van der Waals surface area (Å²) in [5.74, 6) is 0.0357. The first-order valence-corrected chi connectivity index (χ1v) is 5.45. The van der Waals surface area contributed by atoms with Gasteiger partial charge >= 0.3 is 6.18 Å². The number of rotatable bonds is 3. The Hall–Kier alpha value is -2.17. The van der Waals surface area contributed by atoms with Crippen molar-refractivity contribution in [3.8, 4) is 22.6 Å². The van der Waals surface area contributed by atoms with Crippen molar-refractivity contribution in [1.82, 2.24) is 0 Å². The summed E-state index contributed by atoms with van der Waals surface area (Å²) in [7, 11) is 0. The highest BCUT2D eigenvalue weighted by atomic mass is 19.4. The molecule has 0 aliphatic heterocycles. The summed E-state index contributed by atoms with van der Waals surface area (Å²) in [5.41, 5.74) is 1.01. The van der Waals surface area contributed by atoms with E-state index in [1.165, 1.54) is 18.2 Å². The number of benzene rings is 2. The van der Waals surface area contributed by atoms with E-state index >= 15 is 0 Å². The first kappa shape index (κ1) is 13.3. The van der Waals surface area contributed by atoms with E-state index in [0.29, 0.717) is 11.1 Å². The van der Waals surface area contributed by atoms with Crippen LogP contribution in [0.5, 0.6) is 11.5 Å². The van der Waals surface area contributed by atoms with Gasteiger partial charge in [0.25, 0.3) is 0 Å². The fraction of sp³-hybridized carbons (Fsp3) is 0.143. The van der Waals surface area contributed by atoms with Crippen LogP contribution in [0.1, 0.15) is 0 Å². The second-order valence-electron chi connectivity index (χ2n) is 3.87. The summed E-state index contributed by atoms with van der Waals surface area (Å²) >= 11 is 0. The van der Waals surface area contributed by atoms with Crippen molar-refractivity contribution in [2.75, 3.05) is 6.61 Å². The van der Waals surface area contributed by atoms with Gasteiger partial charge in [0.2, 0.25) is 0 Å². The van der Waals surface area contributed by atoms with Crippen LogP contribution in [0.4, 0.5) is 13.2 Å². The zero-order valence-corrected chi connectivity index (χ0v) is 9.74. The van der Waals surface area contributed by atoms with Crippen molar-refractivity contribution in [3.05, 3.63) is 48.5 Å². The Kier molecular flexibility index (Phi) is 3.64. The molecule has 0 aliphatic carbocycles. The van der Waals surface area contributed by atoms with Crippen LogP contribution >= 0.6 is 0 Å². The Morgan fingerprint density at radius 1 is 1.16 bits per heavy atom. The quantitative estimate of drug-likeness (QED) is 0.916. The van der Waals surface area contributed by atoms with Crippen LogP contribution in [0.3, 0.4) is 0 Å². The summed E-state index contributed by atoms with van der Waals surface area (Å²) in [6.45, 7) is -1.38. The zero-order chi connectivity index (χ0) is 13.9. The topological polar surface area (TPSA) is 29.5 Å². The second kappa shape index (κ2) is 5.22. The minimum Gasteiger partial charge on any atom is -0.508 e. The van der Waals surface area contributed by atoms with Crippen molar-refractivity contribution < 1.29 is 23.0 Å². The fourth-order valence-corrected chi connectivity index (χ4v) is 1.60. The number of halogens is 3. The molecule has 99 valence electrons. The van der Waals surface area contributed by atoms with Crippen LogP contribution in [0.2, 0.25) is 0 Å². The molecule has 0 amide bonds. The van der Waals surface area contributed by atoms with Gasteiger partial charge in [-0.05, 0) is 17.7 Å². The smallest absolute Gasteiger partial charge is 0.422 e. The molecule has 0 unspecified atom stereocenters. The zero-order valence-electron chi connectivity index (χ0n) is 9.74. The van der Waals surface area contributed by atoms with Crippen LogP contribution in [0.15, 0.2) is 42.5 Å². The lowest BCUT2D eigenvalue weighted by Gasteiger charge is -2.13. The average Bonchev–Trinajstić information content (AvgIpc) is 2.36. The summed E-state index contributed by atoms with van der Waals surface area (Å²) in [6.07, 6.45) is -4.40. The van der Waals surface area contributed by atoms with Crippen molar-refractivity contribution in [2.45, 2.75) is 6.18 Å². The van der Waals surface area contributed by atoms with E-state index in [-0.39, 0.29) is 11.5 Å². The number of ether oxygens (including phenoxy) is 1. The molecule has 0 bridgehead atoms. The molecule has 0 aromatic heterocycles. The number of hydrogen-bond donors (Lipinski definition) is 1. The molecule has 5 heteroatoms. The lowest BCUT2D eigenvalue weighted by molar-refractivity contribution is -0.153. The van der Waals surface area contributed by atoms with Crippen molar-refractivity contribution >= 4 is 0 Å². The molecule has 0 atom stereocenters. The standard InChI is InChI=1S/C14H10F3O2/c15-14(16,17)9-19-13-7-2-1-6-12(13)10-4-3-5-11(18)8-10/h1-6,8,18H,9H2. The molecule has 2 aromatic carbocycles.